The van der Waals surface area contributed by atoms with Gasteiger partial charge in [0.15, 0.2) is 0 Å². The van der Waals surface area contributed by atoms with Crippen molar-refractivity contribution < 1.29 is 9.90 Å². The summed E-state index contributed by atoms with van der Waals surface area (Å²) < 4.78 is 0. The average molecular weight is 239 g/mol. The van der Waals surface area contributed by atoms with Gasteiger partial charge in [0.05, 0.1) is 6.04 Å². The van der Waals surface area contributed by atoms with Gasteiger partial charge in [-0.15, -0.1) is 6.58 Å². The molecule has 0 bridgehead atoms. The van der Waals surface area contributed by atoms with E-state index < -0.39 is 6.09 Å². The molecule has 3 nitrogen and oxygen atoms in total. The third kappa shape index (κ3) is 6.15. The lowest BCUT2D eigenvalue weighted by Gasteiger charge is -2.29. The van der Waals surface area contributed by atoms with Crippen LogP contribution >= 0.6 is 0 Å². The van der Waals surface area contributed by atoms with E-state index in [1.165, 1.54) is 4.90 Å². The van der Waals surface area contributed by atoms with Crippen LogP contribution in [0.25, 0.3) is 0 Å². The Labute approximate surface area is 105 Å². The average Bonchev–Trinajstić information content (AvgIpc) is 2.13. The highest BCUT2D eigenvalue weighted by Gasteiger charge is 2.22. The number of rotatable bonds is 5. The van der Waals surface area contributed by atoms with Crippen LogP contribution in [0.5, 0.6) is 0 Å². The number of carboxylic acid groups (broad SMARTS) is 1. The highest BCUT2D eigenvalue weighted by Crippen LogP contribution is 2.16. The summed E-state index contributed by atoms with van der Waals surface area (Å²) in [6, 6.07) is -0.142. The van der Waals surface area contributed by atoms with Gasteiger partial charge in [0.25, 0.3) is 0 Å². The Hall–Kier alpha value is -1.25. The first-order valence-electron chi connectivity index (χ1n) is 5.99. The summed E-state index contributed by atoms with van der Waals surface area (Å²) in [5.74, 6) is 0.228. The minimum atomic E-state index is -0.901. The van der Waals surface area contributed by atoms with Crippen molar-refractivity contribution in [1.29, 1.82) is 0 Å². The Morgan fingerprint density at radius 1 is 1.41 bits per heavy atom. The van der Waals surface area contributed by atoms with Crippen LogP contribution in [0.15, 0.2) is 24.8 Å². The molecule has 0 aliphatic carbocycles. The normalized spacial score (nSPS) is 14.0. The van der Waals surface area contributed by atoms with Gasteiger partial charge in [-0.2, -0.15) is 0 Å². The maximum absolute atomic E-state index is 11.2. The molecule has 0 rings (SSSR count). The minimum absolute atomic E-state index is 0.0751. The van der Waals surface area contributed by atoms with E-state index in [9.17, 15) is 9.90 Å². The summed E-state index contributed by atoms with van der Waals surface area (Å²) in [6.45, 7) is 14.4. The molecular weight excluding hydrogens is 214 g/mol. The minimum Gasteiger partial charge on any atom is -0.465 e. The smallest absolute Gasteiger partial charge is 0.408 e. The third-order valence-electron chi connectivity index (χ3n) is 2.45. The number of nitrogens with zero attached hydrogens (tertiary/aromatic N) is 1. The van der Waals surface area contributed by atoms with E-state index >= 15 is 0 Å². The number of allylic oxidation sites excluding steroid dienone is 1. The van der Waals surface area contributed by atoms with Crippen molar-refractivity contribution in [2.24, 2.45) is 11.3 Å². The molecule has 1 atom stereocenters. The molecule has 0 radical (unpaired) electrons. The van der Waals surface area contributed by atoms with Crippen LogP contribution in [0.3, 0.4) is 0 Å². The molecule has 0 aliphatic heterocycles. The monoisotopic (exact) mass is 239 g/mol. The van der Waals surface area contributed by atoms with E-state index in [4.69, 9.17) is 0 Å². The van der Waals surface area contributed by atoms with Gasteiger partial charge in [0.2, 0.25) is 0 Å². The van der Waals surface area contributed by atoms with Crippen molar-refractivity contribution in [3.63, 3.8) is 0 Å². The quantitative estimate of drug-likeness (QED) is 0.742. The molecule has 0 aliphatic rings. The molecule has 0 saturated heterocycles. The van der Waals surface area contributed by atoms with Crippen LogP contribution < -0.4 is 0 Å². The van der Waals surface area contributed by atoms with E-state index in [0.29, 0.717) is 6.54 Å². The molecule has 3 heteroatoms. The topological polar surface area (TPSA) is 40.5 Å². The van der Waals surface area contributed by atoms with Crippen LogP contribution in [-0.2, 0) is 0 Å². The lowest BCUT2D eigenvalue weighted by molar-refractivity contribution is 0.129. The fraction of sp³-hybridized carbons (Fsp3) is 0.643. The number of amides is 1. The first-order valence-corrected chi connectivity index (χ1v) is 5.99. The summed E-state index contributed by atoms with van der Waals surface area (Å²) in [5.41, 5.74) is 0.0751. The molecule has 0 aromatic heterocycles. The molecular formula is C14H25NO2. The Kier molecular flexibility index (Phi) is 6.00. The van der Waals surface area contributed by atoms with E-state index in [-0.39, 0.29) is 17.4 Å². The molecule has 0 fully saturated rings. The van der Waals surface area contributed by atoms with Crippen molar-refractivity contribution in [3.05, 3.63) is 24.8 Å². The fourth-order valence-electron chi connectivity index (χ4n) is 1.61. The Morgan fingerprint density at radius 2 is 1.94 bits per heavy atom. The zero-order valence-corrected chi connectivity index (χ0v) is 11.6. The second kappa shape index (κ2) is 6.48. The van der Waals surface area contributed by atoms with Crippen molar-refractivity contribution in [1.82, 2.24) is 4.90 Å². The number of hydrogen-bond acceptors (Lipinski definition) is 1. The molecule has 0 aromatic rings. The predicted octanol–water partition coefficient (Wildman–Crippen LogP) is 3.78. The Balaban J connectivity index is 4.71. The van der Waals surface area contributed by atoms with Crippen LogP contribution in [0.1, 0.15) is 34.6 Å². The summed E-state index contributed by atoms with van der Waals surface area (Å²) in [7, 11) is 0. The van der Waals surface area contributed by atoms with Crippen LogP contribution in [0.4, 0.5) is 4.79 Å². The van der Waals surface area contributed by atoms with Crippen molar-refractivity contribution in [2.45, 2.75) is 40.7 Å². The standard InChI is InChI=1S/C14H25NO2/c1-7-12(11(2)3)15(13(16)17)10-8-9-14(4,5)6/h7-9,11-12H,1,10H2,2-6H3,(H,16,17)/t12-/m1/s1. The number of carbonyl (C=O) groups is 1. The van der Waals surface area contributed by atoms with Gasteiger partial charge in [0.1, 0.15) is 0 Å². The van der Waals surface area contributed by atoms with E-state index in [0.717, 1.165) is 0 Å². The van der Waals surface area contributed by atoms with Crippen LogP contribution in [0.2, 0.25) is 0 Å². The second-order valence-electron chi connectivity index (χ2n) is 5.67. The summed E-state index contributed by atoms with van der Waals surface area (Å²) in [5, 5.41) is 9.20. The molecule has 0 heterocycles. The molecule has 1 N–H and O–H groups in total. The summed E-state index contributed by atoms with van der Waals surface area (Å²) in [4.78, 5) is 12.6. The first-order chi connectivity index (χ1) is 7.69. The van der Waals surface area contributed by atoms with Gasteiger partial charge >= 0.3 is 6.09 Å². The van der Waals surface area contributed by atoms with Gasteiger partial charge in [-0.3, -0.25) is 4.90 Å². The van der Waals surface area contributed by atoms with Gasteiger partial charge < -0.3 is 5.11 Å². The van der Waals surface area contributed by atoms with Crippen molar-refractivity contribution >= 4 is 6.09 Å². The lowest BCUT2D eigenvalue weighted by atomic mass is 9.96. The van der Waals surface area contributed by atoms with Crippen molar-refractivity contribution in [2.75, 3.05) is 6.54 Å². The Morgan fingerprint density at radius 3 is 2.24 bits per heavy atom. The van der Waals surface area contributed by atoms with Crippen LogP contribution in [0, 0.1) is 11.3 Å². The van der Waals surface area contributed by atoms with Crippen molar-refractivity contribution in [3.8, 4) is 0 Å². The summed E-state index contributed by atoms with van der Waals surface area (Å²) in [6.07, 6.45) is 4.74. The third-order valence-corrected chi connectivity index (χ3v) is 2.45. The highest BCUT2D eigenvalue weighted by molar-refractivity contribution is 5.66. The largest absolute Gasteiger partial charge is 0.465 e. The van der Waals surface area contributed by atoms with Gasteiger partial charge in [-0.05, 0) is 11.3 Å². The zero-order valence-electron chi connectivity index (χ0n) is 11.6. The molecule has 98 valence electrons. The zero-order chi connectivity index (χ0) is 13.6. The molecule has 17 heavy (non-hydrogen) atoms. The maximum atomic E-state index is 11.2. The highest BCUT2D eigenvalue weighted by atomic mass is 16.4. The van der Waals surface area contributed by atoms with Gasteiger partial charge in [0, 0.05) is 6.54 Å². The predicted molar refractivity (Wildman–Crippen MR) is 72.1 cm³/mol. The number of hydrogen-bond donors (Lipinski definition) is 1. The summed E-state index contributed by atoms with van der Waals surface area (Å²) >= 11 is 0. The molecule has 1 amide bonds. The first kappa shape index (κ1) is 15.8. The molecule has 0 aromatic carbocycles. The fourth-order valence-corrected chi connectivity index (χ4v) is 1.61. The maximum Gasteiger partial charge on any atom is 0.408 e. The Bertz CT molecular complexity index is 287. The van der Waals surface area contributed by atoms with Gasteiger partial charge in [-0.1, -0.05) is 52.8 Å². The SMILES string of the molecule is C=C[C@H](C(C)C)N(CC=CC(C)(C)C)C(=O)O. The van der Waals surface area contributed by atoms with Crippen LogP contribution in [-0.4, -0.2) is 28.7 Å². The van der Waals surface area contributed by atoms with E-state index in [1.54, 1.807) is 6.08 Å². The van der Waals surface area contributed by atoms with Gasteiger partial charge in [-0.25, -0.2) is 4.79 Å². The van der Waals surface area contributed by atoms with E-state index in [2.05, 4.69) is 27.4 Å². The molecule has 0 saturated carbocycles. The molecule has 0 spiro atoms. The second-order valence-corrected chi connectivity index (χ2v) is 5.67. The van der Waals surface area contributed by atoms with E-state index in [1.807, 2.05) is 26.0 Å². The lowest BCUT2D eigenvalue weighted by Crippen LogP contribution is -2.41. The molecule has 0 unspecified atom stereocenters.